The van der Waals surface area contributed by atoms with Crippen molar-refractivity contribution in [2.75, 3.05) is 51.3 Å². The van der Waals surface area contributed by atoms with Gasteiger partial charge in [-0.05, 0) is 37.6 Å². The van der Waals surface area contributed by atoms with Gasteiger partial charge < -0.3 is 10.1 Å². The lowest BCUT2D eigenvalue weighted by atomic mass is 10.0. The molecule has 1 aromatic rings. The molecule has 1 heterocycles. The summed E-state index contributed by atoms with van der Waals surface area (Å²) in [6, 6.07) is 4.33. The van der Waals surface area contributed by atoms with E-state index in [1.54, 1.807) is 0 Å². The second-order valence-corrected chi connectivity index (χ2v) is 9.78. The van der Waals surface area contributed by atoms with Gasteiger partial charge >= 0.3 is 0 Å². The molecule has 2 rings (SSSR count). The van der Waals surface area contributed by atoms with Gasteiger partial charge in [-0.2, -0.15) is 4.31 Å². The zero-order chi connectivity index (χ0) is 22.3. The predicted molar refractivity (Wildman–Crippen MR) is 117 cm³/mol. The lowest BCUT2D eigenvalue weighted by Gasteiger charge is -2.31. The fourth-order valence-corrected chi connectivity index (χ4v) is 5.21. The van der Waals surface area contributed by atoms with E-state index in [4.69, 9.17) is 4.74 Å². The number of hydrogen-bond acceptors (Lipinski definition) is 7. The van der Waals surface area contributed by atoms with Crippen LogP contribution in [0.3, 0.4) is 0 Å². The summed E-state index contributed by atoms with van der Waals surface area (Å²) in [6.45, 7) is 12.0. The molecule has 10 heteroatoms. The van der Waals surface area contributed by atoms with Crippen LogP contribution >= 0.6 is 0 Å². The number of morpholine rings is 1. The van der Waals surface area contributed by atoms with E-state index in [1.165, 1.54) is 16.4 Å². The number of anilines is 1. The Labute approximate surface area is 179 Å². The Morgan fingerprint density at radius 3 is 2.40 bits per heavy atom. The Morgan fingerprint density at radius 2 is 1.87 bits per heavy atom. The maximum Gasteiger partial charge on any atom is 0.293 e. The normalized spacial score (nSPS) is 16.7. The molecular weight excluding hydrogens is 408 g/mol. The maximum absolute atomic E-state index is 12.8. The summed E-state index contributed by atoms with van der Waals surface area (Å²) in [6.07, 6.45) is 0.964. The van der Waals surface area contributed by atoms with Crippen LogP contribution in [0, 0.1) is 16.0 Å². The zero-order valence-electron chi connectivity index (χ0n) is 18.3. The van der Waals surface area contributed by atoms with E-state index in [1.807, 2.05) is 0 Å². The van der Waals surface area contributed by atoms with Gasteiger partial charge in [0.15, 0.2) is 0 Å². The lowest BCUT2D eigenvalue weighted by Crippen LogP contribution is -2.41. The molecule has 1 atom stereocenters. The fourth-order valence-electron chi connectivity index (χ4n) is 3.78. The summed E-state index contributed by atoms with van der Waals surface area (Å²) in [5.74, 6) is 0.494. The van der Waals surface area contributed by atoms with Gasteiger partial charge in [0.2, 0.25) is 10.0 Å². The van der Waals surface area contributed by atoms with Crippen LogP contribution in [0.15, 0.2) is 23.1 Å². The summed E-state index contributed by atoms with van der Waals surface area (Å²) >= 11 is 0. The first-order chi connectivity index (χ1) is 14.2. The molecule has 1 fully saturated rings. The number of nitro benzene ring substituents is 1. The van der Waals surface area contributed by atoms with E-state index in [2.05, 4.69) is 37.9 Å². The first kappa shape index (κ1) is 24.5. The van der Waals surface area contributed by atoms with E-state index in [0.717, 1.165) is 25.6 Å². The number of nitrogens with one attached hydrogen (secondary N) is 1. The minimum atomic E-state index is -3.79. The van der Waals surface area contributed by atoms with Crippen molar-refractivity contribution in [3.63, 3.8) is 0 Å². The molecule has 1 aromatic carbocycles. The second-order valence-electron chi connectivity index (χ2n) is 7.84. The molecule has 0 spiro atoms. The SMILES string of the molecule is CCN(CC)[C@H](CNc1ccc(S(=O)(=O)N2CCOCC2)cc1[N+](=O)[O-])CC(C)C. The number of nitro groups is 1. The molecule has 170 valence electrons. The van der Waals surface area contributed by atoms with E-state index in [0.29, 0.717) is 31.4 Å². The van der Waals surface area contributed by atoms with Crippen molar-refractivity contribution in [3.8, 4) is 0 Å². The summed E-state index contributed by atoms with van der Waals surface area (Å²) < 4.78 is 32.2. The molecule has 0 bridgehead atoms. The molecule has 0 amide bonds. The van der Waals surface area contributed by atoms with Gasteiger partial charge in [-0.15, -0.1) is 0 Å². The van der Waals surface area contributed by atoms with Crippen molar-refractivity contribution in [2.45, 2.75) is 45.1 Å². The summed E-state index contributed by atoms with van der Waals surface area (Å²) in [4.78, 5) is 13.4. The van der Waals surface area contributed by atoms with Gasteiger partial charge in [0.05, 0.1) is 23.0 Å². The van der Waals surface area contributed by atoms with Crippen molar-refractivity contribution in [3.05, 3.63) is 28.3 Å². The Balaban J connectivity index is 2.25. The van der Waals surface area contributed by atoms with Crippen molar-refractivity contribution < 1.29 is 18.1 Å². The van der Waals surface area contributed by atoms with Crippen LogP contribution in [-0.4, -0.2) is 74.5 Å². The Kier molecular flexibility index (Phi) is 9.02. The maximum atomic E-state index is 12.8. The highest BCUT2D eigenvalue weighted by Crippen LogP contribution is 2.29. The highest BCUT2D eigenvalue weighted by molar-refractivity contribution is 7.89. The average molecular weight is 443 g/mol. The molecule has 0 radical (unpaired) electrons. The number of likely N-dealkylation sites (N-methyl/N-ethyl adjacent to an activating group) is 1. The summed E-state index contributed by atoms with van der Waals surface area (Å²) in [7, 11) is -3.79. The zero-order valence-corrected chi connectivity index (χ0v) is 19.2. The number of sulfonamides is 1. The van der Waals surface area contributed by atoms with Crippen LogP contribution in [0.4, 0.5) is 11.4 Å². The number of hydrogen-bond donors (Lipinski definition) is 1. The van der Waals surface area contributed by atoms with Gasteiger partial charge in [-0.25, -0.2) is 8.42 Å². The number of ether oxygens (including phenoxy) is 1. The Bertz CT molecular complexity index is 805. The molecule has 30 heavy (non-hydrogen) atoms. The standard InChI is InChI=1S/C20H34N4O5S/c1-5-22(6-2)17(13-16(3)4)15-21-19-8-7-18(14-20(19)24(25)26)30(27,28)23-9-11-29-12-10-23/h7-8,14,16-17,21H,5-6,9-13,15H2,1-4H3/t17-/m0/s1. The first-order valence-electron chi connectivity index (χ1n) is 10.5. The molecule has 0 aliphatic carbocycles. The van der Waals surface area contributed by atoms with Gasteiger partial charge in [0, 0.05) is 31.7 Å². The molecule has 0 aromatic heterocycles. The highest BCUT2D eigenvalue weighted by atomic mass is 32.2. The van der Waals surface area contributed by atoms with Gasteiger partial charge in [0.25, 0.3) is 5.69 Å². The van der Waals surface area contributed by atoms with Gasteiger partial charge in [-0.1, -0.05) is 27.7 Å². The van der Waals surface area contributed by atoms with E-state index in [-0.39, 0.29) is 29.7 Å². The third kappa shape index (κ3) is 6.13. The van der Waals surface area contributed by atoms with E-state index >= 15 is 0 Å². The minimum Gasteiger partial charge on any atom is -0.379 e. The summed E-state index contributed by atoms with van der Waals surface area (Å²) in [5.41, 5.74) is 0.106. The van der Waals surface area contributed by atoms with Crippen molar-refractivity contribution >= 4 is 21.4 Å². The van der Waals surface area contributed by atoms with Crippen LogP contribution in [0.5, 0.6) is 0 Å². The van der Waals surface area contributed by atoms with Crippen LogP contribution in [-0.2, 0) is 14.8 Å². The fraction of sp³-hybridized carbons (Fsp3) is 0.700. The quantitative estimate of drug-likeness (QED) is 0.415. The largest absolute Gasteiger partial charge is 0.379 e. The Morgan fingerprint density at radius 1 is 1.23 bits per heavy atom. The third-order valence-corrected chi connectivity index (χ3v) is 7.27. The van der Waals surface area contributed by atoms with Crippen LogP contribution in [0.25, 0.3) is 0 Å². The van der Waals surface area contributed by atoms with Crippen molar-refractivity contribution in [1.29, 1.82) is 0 Å². The molecule has 1 saturated heterocycles. The molecular formula is C20H34N4O5S. The molecule has 1 aliphatic rings. The summed E-state index contributed by atoms with van der Waals surface area (Å²) in [5, 5.41) is 14.9. The monoisotopic (exact) mass is 442 g/mol. The molecule has 1 N–H and O–H groups in total. The Hall–Kier alpha value is -1.75. The van der Waals surface area contributed by atoms with Crippen LogP contribution in [0.1, 0.15) is 34.1 Å². The average Bonchev–Trinajstić information content (AvgIpc) is 2.72. The topological polar surface area (TPSA) is 105 Å². The molecule has 9 nitrogen and oxygen atoms in total. The van der Waals surface area contributed by atoms with Crippen molar-refractivity contribution in [2.24, 2.45) is 5.92 Å². The first-order valence-corrected chi connectivity index (χ1v) is 12.0. The van der Waals surface area contributed by atoms with E-state index < -0.39 is 14.9 Å². The van der Waals surface area contributed by atoms with Gasteiger partial charge in [-0.3, -0.25) is 15.0 Å². The van der Waals surface area contributed by atoms with E-state index in [9.17, 15) is 18.5 Å². The second kappa shape index (κ2) is 11.0. The van der Waals surface area contributed by atoms with Gasteiger partial charge in [0.1, 0.15) is 5.69 Å². The minimum absolute atomic E-state index is 0.0656. The number of rotatable bonds is 11. The smallest absolute Gasteiger partial charge is 0.293 e. The molecule has 0 unspecified atom stereocenters. The lowest BCUT2D eigenvalue weighted by molar-refractivity contribution is -0.384. The van der Waals surface area contributed by atoms with Crippen LogP contribution in [0.2, 0.25) is 0 Å². The van der Waals surface area contributed by atoms with Crippen LogP contribution < -0.4 is 5.32 Å². The predicted octanol–water partition coefficient (Wildman–Crippen LogP) is 2.78. The van der Waals surface area contributed by atoms with Crippen molar-refractivity contribution in [1.82, 2.24) is 9.21 Å². The number of nitrogens with zero attached hydrogens (tertiary/aromatic N) is 3. The molecule has 1 aliphatic heterocycles. The molecule has 0 saturated carbocycles. The third-order valence-electron chi connectivity index (χ3n) is 5.37. The number of benzene rings is 1. The highest BCUT2D eigenvalue weighted by Gasteiger charge is 2.29.